The highest BCUT2D eigenvalue weighted by atomic mass is 14.2. The summed E-state index contributed by atoms with van der Waals surface area (Å²) in [4.78, 5) is 0. The molecule has 0 aliphatic rings. The van der Waals surface area contributed by atoms with Crippen molar-refractivity contribution < 1.29 is 0 Å². The van der Waals surface area contributed by atoms with E-state index in [1.54, 1.807) is 0 Å². The first-order valence-corrected chi connectivity index (χ1v) is 8.91. The first kappa shape index (κ1) is 15.2. The third-order valence-electron chi connectivity index (χ3n) is 5.62. The third-order valence-corrected chi connectivity index (χ3v) is 5.62. The molecule has 0 N–H and O–H groups in total. The van der Waals surface area contributed by atoms with Crippen LogP contribution >= 0.6 is 0 Å². The second-order valence-corrected chi connectivity index (χ2v) is 6.95. The number of aryl methyl sites for hydroxylation is 4. The van der Waals surface area contributed by atoms with Crippen LogP contribution in [-0.2, 0) is 6.42 Å². The lowest BCUT2D eigenvalue weighted by Gasteiger charge is -2.17. The molecule has 0 saturated carbocycles. The lowest BCUT2D eigenvalue weighted by molar-refractivity contribution is 1.13. The van der Waals surface area contributed by atoms with Crippen molar-refractivity contribution in [3.8, 4) is 0 Å². The molecule has 0 saturated heterocycles. The summed E-state index contributed by atoms with van der Waals surface area (Å²) in [5, 5.41) is 9.88. The van der Waals surface area contributed by atoms with Crippen LogP contribution in [0.25, 0.3) is 38.4 Å². The van der Waals surface area contributed by atoms with Crippen LogP contribution in [-0.4, -0.2) is 0 Å². The van der Waals surface area contributed by atoms with E-state index in [1.807, 2.05) is 0 Å². The van der Waals surface area contributed by atoms with Gasteiger partial charge in [-0.25, -0.2) is 0 Å². The Morgan fingerprint density at radius 3 is 1.79 bits per heavy atom. The Hall–Kier alpha value is -2.34. The van der Waals surface area contributed by atoms with Crippen LogP contribution in [0, 0.1) is 20.8 Å². The number of fused-ring (bicyclic) bond motifs is 2. The molecule has 0 heterocycles. The average Bonchev–Trinajstić information content (AvgIpc) is 2.58. The monoisotopic (exact) mass is 312 g/mol. The van der Waals surface area contributed by atoms with Gasteiger partial charge in [-0.1, -0.05) is 49.4 Å². The molecule has 0 bridgehead atoms. The normalized spacial score (nSPS) is 12.8. The predicted octanol–water partition coefficient (Wildman–Crippen LogP) is 6.15. The van der Waals surface area contributed by atoms with E-state index in [0.29, 0.717) is 0 Å². The average molecular weight is 312 g/mol. The van der Waals surface area contributed by atoms with Crippen LogP contribution in [0.3, 0.4) is 0 Å². The molecule has 0 spiro atoms. The maximum absolute atomic E-state index is 2.32. The Balaban J connectivity index is 2.48. The fourth-order valence-corrected chi connectivity index (χ4v) is 4.49. The molecule has 4 aromatic rings. The summed E-state index contributed by atoms with van der Waals surface area (Å²) in [5.74, 6) is 0. The molecule has 0 atom stereocenters. The molecule has 4 rings (SSSR count). The fourth-order valence-electron chi connectivity index (χ4n) is 4.49. The van der Waals surface area contributed by atoms with Crippen molar-refractivity contribution in [2.45, 2.75) is 41.0 Å². The van der Waals surface area contributed by atoms with Crippen molar-refractivity contribution in [1.82, 2.24) is 0 Å². The molecule has 4 aromatic carbocycles. The van der Waals surface area contributed by atoms with Crippen molar-refractivity contribution in [2.75, 3.05) is 0 Å². The van der Waals surface area contributed by atoms with Crippen molar-refractivity contribution in [2.24, 2.45) is 0 Å². The smallest absolute Gasteiger partial charge is 0.00212 e. The summed E-state index contributed by atoms with van der Waals surface area (Å²) in [7, 11) is 0. The van der Waals surface area contributed by atoms with E-state index in [1.165, 1.54) is 59.8 Å². The van der Waals surface area contributed by atoms with E-state index in [-0.39, 0.29) is 0 Å². The largest absolute Gasteiger partial charge is 0.0791 e. The van der Waals surface area contributed by atoms with Gasteiger partial charge in [0.05, 0.1) is 0 Å². The van der Waals surface area contributed by atoms with Crippen molar-refractivity contribution in [3.05, 3.63) is 63.9 Å². The number of hydrogen-bond donors (Lipinski definition) is 0. The molecule has 120 valence electrons. The summed E-state index contributed by atoms with van der Waals surface area (Å²) in [6.07, 6.45) is 3.37. The Labute approximate surface area is 143 Å². The second kappa shape index (κ2) is 5.34. The van der Waals surface area contributed by atoms with Crippen LogP contribution in [0.15, 0.2) is 36.4 Å². The number of benzene rings is 4. The van der Waals surface area contributed by atoms with E-state index < -0.39 is 0 Å². The molecular formula is C24H24. The van der Waals surface area contributed by atoms with Gasteiger partial charge >= 0.3 is 0 Å². The van der Waals surface area contributed by atoms with Gasteiger partial charge in [-0.05, 0) is 93.9 Å². The fraction of sp³-hybridized carbons (Fsp3) is 0.250. The molecule has 0 nitrogen and oxygen atoms in total. The summed E-state index contributed by atoms with van der Waals surface area (Å²) in [5.41, 5.74) is 5.62. The van der Waals surface area contributed by atoms with Gasteiger partial charge in [-0.2, -0.15) is 0 Å². The van der Waals surface area contributed by atoms with Crippen LogP contribution in [0.4, 0.5) is 0 Å². The van der Waals surface area contributed by atoms with Gasteiger partial charge in [0.2, 0.25) is 0 Å². The van der Waals surface area contributed by atoms with E-state index in [2.05, 4.69) is 77.1 Å². The lowest BCUT2D eigenvalue weighted by Crippen LogP contribution is -2.09. The minimum absolute atomic E-state index is 1.07. The third kappa shape index (κ3) is 1.86. The van der Waals surface area contributed by atoms with Crippen molar-refractivity contribution >= 4 is 38.4 Å². The summed E-state index contributed by atoms with van der Waals surface area (Å²) < 4.78 is 0. The molecule has 0 aliphatic carbocycles. The van der Waals surface area contributed by atoms with Crippen LogP contribution in [0.5, 0.6) is 0 Å². The van der Waals surface area contributed by atoms with E-state index >= 15 is 0 Å². The zero-order valence-electron chi connectivity index (χ0n) is 15.2. The number of hydrogen-bond acceptors (Lipinski definition) is 0. The van der Waals surface area contributed by atoms with Crippen molar-refractivity contribution in [3.63, 3.8) is 0 Å². The highest BCUT2D eigenvalue weighted by Crippen LogP contribution is 2.36. The molecule has 0 fully saturated rings. The molecule has 0 amide bonds. The van der Waals surface area contributed by atoms with E-state index in [0.717, 1.165) is 6.42 Å². The van der Waals surface area contributed by atoms with Gasteiger partial charge in [-0.15, -0.1) is 0 Å². The van der Waals surface area contributed by atoms with Gasteiger partial charge < -0.3 is 0 Å². The molecule has 0 unspecified atom stereocenters. The summed E-state index contributed by atoms with van der Waals surface area (Å²) in [6, 6.07) is 13.8. The Bertz CT molecular complexity index is 1150. The highest BCUT2D eigenvalue weighted by Gasteiger charge is 2.14. The van der Waals surface area contributed by atoms with Crippen LogP contribution in [0.1, 0.15) is 36.1 Å². The maximum Gasteiger partial charge on any atom is -0.00212 e. The lowest BCUT2D eigenvalue weighted by atomic mass is 9.86. The quantitative estimate of drug-likeness (QED) is 0.292. The molecule has 24 heavy (non-hydrogen) atoms. The zero-order chi connectivity index (χ0) is 17.0. The second-order valence-electron chi connectivity index (χ2n) is 6.95. The number of rotatable bonds is 1. The molecule has 0 aromatic heterocycles. The maximum atomic E-state index is 2.32. The predicted molar refractivity (Wildman–Crippen MR) is 108 cm³/mol. The zero-order valence-corrected chi connectivity index (χ0v) is 15.2. The molecule has 0 heteroatoms. The van der Waals surface area contributed by atoms with E-state index in [9.17, 15) is 0 Å². The minimum Gasteiger partial charge on any atom is -0.0791 e. The van der Waals surface area contributed by atoms with Gasteiger partial charge in [0, 0.05) is 0 Å². The summed E-state index contributed by atoms with van der Waals surface area (Å²) >= 11 is 0. The SMILES string of the molecule is C/C=c1/c2ccc(C)c3c(C)ccc(c4ccc(C)c(CC)c14)c32. The van der Waals surface area contributed by atoms with Crippen LogP contribution < -0.4 is 5.22 Å². The van der Waals surface area contributed by atoms with Gasteiger partial charge in [0.1, 0.15) is 0 Å². The van der Waals surface area contributed by atoms with Crippen LogP contribution in [0.2, 0.25) is 0 Å². The Morgan fingerprint density at radius 2 is 1.21 bits per heavy atom. The summed E-state index contributed by atoms with van der Waals surface area (Å²) in [6.45, 7) is 11.1. The van der Waals surface area contributed by atoms with Gasteiger partial charge in [0.25, 0.3) is 0 Å². The highest BCUT2D eigenvalue weighted by molar-refractivity contribution is 6.23. The first-order valence-electron chi connectivity index (χ1n) is 8.91. The standard InChI is InChI=1S/C24H24/c1-6-17-14(3)8-11-20-21-13-10-16(5)22-15(4)9-12-19(24(21)22)18(7-2)23(17)20/h7-13H,6H2,1-5H3/b18-7-. The van der Waals surface area contributed by atoms with Gasteiger partial charge in [-0.3, -0.25) is 0 Å². The Morgan fingerprint density at radius 1 is 0.667 bits per heavy atom. The molecule has 0 aliphatic heterocycles. The molecule has 0 radical (unpaired) electrons. The molecular weight excluding hydrogens is 288 g/mol. The van der Waals surface area contributed by atoms with Crippen molar-refractivity contribution in [1.29, 1.82) is 0 Å². The van der Waals surface area contributed by atoms with E-state index in [4.69, 9.17) is 0 Å². The minimum atomic E-state index is 1.07. The topological polar surface area (TPSA) is 0 Å². The Kier molecular flexibility index (Phi) is 3.38. The first-order chi connectivity index (χ1) is 11.6. The van der Waals surface area contributed by atoms with Gasteiger partial charge in [0.15, 0.2) is 0 Å².